The van der Waals surface area contributed by atoms with Crippen molar-refractivity contribution < 1.29 is 18.1 Å². The minimum absolute atomic E-state index is 0.0348. The molecule has 17 heavy (non-hydrogen) atoms. The highest BCUT2D eigenvalue weighted by molar-refractivity contribution is 8.12. The Labute approximate surface area is 97.7 Å². The molecule has 8 heteroatoms. The molecule has 0 bridgehead atoms. The van der Waals surface area contributed by atoms with Crippen molar-refractivity contribution in [1.29, 1.82) is 0 Å². The van der Waals surface area contributed by atoms with Gasteiger partial charge in [-0.1, -0.05) is 11.8 Å². The van der Waals surface area contributed by atoms with Crippen LogP contribution in [0.5, 0.6) is 0 Å². The van der Waals surface area contributed by atoms with Gasteiger partial charge < -0.3 is 0 Å². The standard InChI is InChI=1S/C9H5F3N2O2S/c10-9(11,12)6-1-5-3-13-4-17-8(5)7(2-6)14(15)16/h1-2,4H,3H2. The van der Waals surface area contributed by atoms with E-state index in [0.29, 0.717) is 6.07 Å². The van der Waals surface area contributed by atoms with Crippen LogP contribution >= 0.6 is 11.8 Å². The van der Waals surface area contributed by atoms with E-state index in [4.69, 9.17) is 0 Å². The van der Waals surface area contributed by atoms with Crippen LogP contribution in [0.4, 0.5) is 18.9 Å². The summed E-state index contributed by atoms with van der Waals surface area (Å²) in [7, 11) is 0. The SMILES string of the molecule is O=[N+]([O-])c1cc(C(F)(F)F)cc2c1SC=NC2. The van der Waals surface area contributed by atoms with Gasteiger partial charge >= 0.3 is 6.18 Å². The van der Waals surface area contributed by atoms with E-state index in [9.17, 15) is 23.3 Å². The summed E-state index contributed by atoms with van der Waals surface area (Å²) in [5.74, 6) is 0. The van der Waals surface area contributed by atoms with Crippen LogP contribution < -0.4 is 0 Å². The van der Waals surface area contributed by atoms with Crippen LogP contribution in [-0.4, -0.2) is 10.5 Å². The van der Waals surface area contributed by atoms with Crippen molar-refractivity contribution in [3.63, 3.8) is 0 Å². The van der Waals surface area contributed by atoms with E-state index < -0.39 is 22.4 Å². The van der Waals surface area contributed by atoms with E-state index in [2.05, 4.69) is 4.99 Å². The Hall–Kier alpha value is -1.57. The quantitative estimate of drug-likeness (QED) is 0.576. The highest BCUT2D eigenvalue weighted by Crippen LogP contribution is 2.40. The lowest BCUT2D eigenvalue weighted by Crippen LogP contribution is -2.09. The van der Waals surface area contributed by atoms with E-state index >= 15 is 0 Å². The van der Waals surface area contributed by atoms with Crippen LogP contribution in [0.1, 0.15) is 11.1 Å². The fraction of sp³-hybridized carbons (Fsp3) is 0.222. The molecule has 0 fully saturated rings. The number of fused-ring (bicyclic) bond motifs is 1. The van der Waals surface area contributed by atoms with Crippen LogP contribution in [0, 0.1) is 10.1 Å². The number of nitrogens with zero attached hydrogens (tertiary/aromatic N) is 2. The first kappa shape index (κ1) is 11.9. The maximum atomic E-state index is 12.5. The van der Waals surface area contributed by atoms with Crippen LogP contribution in [0.3, 0.4) is 0 Å². The number of benzene rings is 1. The Balaban J connectivity index is 2.63. The molecule has 0 radical (unpaired) electrons. The lowest BCUT2D eigenvalue weighted by molar-refractivity contribution is -0.388. The van der Waals surface area contributed by atoms with Gasteiger partial charge in [-0.25, -0.2) is 0 Å². The second kappa shape index (κ2) is 4.02. The molecule has 1 heterocycles. The van der Waals surface area contributed by atoms with E-state index in [1.165, 1.54) is 5.55 Å². The van der Waals surface area contributed by atoms with E-state index in [0.717, 1.165) is 17.8 Å². The van der Waals surface area contributed by atoms with Gasteiger partial charge in [-0.2, -0.15) is 13.2 Å². The van der Waals surface area contributed by atoms with E-state index in [-0.39, 0.29) is 17.0 Å². The minimum Gasteiger partial charge on any atom is -0.281 e. The molecule has 0 saturated heterocycles. The third-order valence-corrected chi connectivity index (χ3v) is 3.14. The molecular weight excluding hydrogens is 257 g/mol. The number of hydrogen-bond acceptors (Lipinski definition) is 4. The lowest BCUT2D eigenvalue weighted by Gasteiger charge is -2.13. The van der Waals surface area contributed by atoms with Crippen molar-refractivity contribution in [2.45, 2.75) is 17.6 Å². The zero-order chi connectivity index (χ0) is 12.6. The van der Waals surface area contributed by atoms with Crippen molar-refractivity contribution in [3.8, 4) is 0 Å². The molecule has 4 nitrogen and oxygen atoms in total. The van der Waals surface area contributed by atoms with Crippen molar-refractivity contribution >= 4 is 23.0 Å². The van der Waals surface area contributed by atoms with Gasteiger partial charge in [-0.15, -0.1) is 0 Å². The van der Waals surface area contributed by atoms with Gasteiger partial charge in [0.2, 0.25) is 0 Å². The summed E-state index contributed by atoms with van der Waals surface area (Å²) in [6, 6.07) is 1.47. The number of alkyl halides is 3. The summed E-state index contributed by atoms with van der Waals surface area (Å²) in [5, 5.41) is 10.7. The molecular formula is C9H5F3N2O2S. The molecule has 0 unspecified atom stereocenters. The smallest absolute Gasteiger partial charge is 0.281 e. The summed E-state index contributed by atoms with van der Waals surface area (Å²) in [5.41, 5.74) is 0.0911. The normalized spacial score (nSPS) is 14.5. The van der Waals surface area contributed by atoms with Crippen molar-refractivity contribution in [2.24, 2.45) is 4.99 Å². The Morgan fingerprint density at radius 1 is 1.41 bits per heavy atom. The molecule has 0 aromatic heterocycles. The van der Waals surface area contributed by atoms with E-state index in [1.807, 2.05) is 0 Å². The molecule has 0 spiro atoms. The molecule has 0 atom stereocenters. The average Bonchev–Trinajstić information content (AvgIpc) is 2.26. The topological polar surface area (TPSA) is 55.5 Å². The fourth-order valence-corrected chi connectivity index (χ4v) is 2.23. The van der Waals surface area contributed by atoms with Crippen LogP contribution in [0.25, 0.3) is 0 Å². The zero-order valence-corrected chi connectivity index (χ0v) is 9.01. The summed E-state index contributed by atoms with van der Waals surface area (Å²) in [6.07, 6.45) is -4.59. The van der Waals surface area contributed by atoms with Gasteiger partial charge in [0.05, 0.1) is 27.5 Å². The molecule has 1 aliphatic rings. The Morgan fingerprint density at radius 2 is 2.12 bits per heavy atom. The highest BCUT2D eigenvalue weighted by atomic mass is 32.2. The monoisotopic (exact) mass is 262 g/mol. The Bertz CT molecular complexity index is 514. The molecule has 1 aliphatic heterocycles. The number of aliphatic imine (C=N–C) groups is 1. The van der Waals surface area contributed by atoms with Gasteiger partial charge in [-0.3, -0.25) is 15.1 Å². The predicted molar refractivity (Wildman–Crippen MR) is 56.2 cm³/mol. The molecule has 1 aromatic rings. The van der Waals surface area contributed by atoms with Crippen molar-refractivity contribution in [1.82, 2.24) is 0 Å². The maximum Gasteiger partial charge on any atom is 0.416 e. The second-order valence-corrected chi connectivity index (χ2v) is 4.16. The van der Waals surface area contributed by atoms with E-state index in [1.54, 1.807) is 0 Å². The number of nitro benzene ring substituents is 1. The Morgan fingerprint density at radius 3 is 2.71 bits per heavy atom. The van der Waals surface area contributed by atoms with Gasteiger partial charge in [0.1, 0.15) is 0 Å². The number of halogens is 3. The molecule has 0 saturated carbocycles. The third kappa shape index (κ3) is 2.26. The van der Waals surface area contributed by atoms with Crippen LogP contribution in [0.2, 0.25) is 0 Å². The van der Waals surface area contributed by atoms with Gasteiger partial charge in [0.15, 0.2) is 0 Å². The lowest BCUT2D eigenvalue weighted by atomic mass is 10.1. The van der Waals surface area contributed by atoms with Crippen molar-refractivity contribution in [3.05, 3.63) is 33.4 Å². The molecule has 90 valence electrons. The Kier molecular flexibility index (Phi) is 2.82. The number of nitro groups is 1. The van der Waals surface area contributed by atoms with Gasteiger partial charge in [0, 0.05) is 6.07 Å². The largest absolute Gasteiger partial charge is 0.416 e. The van der Waals surface area contributed by atoms with Gasteiger partial charge in [-0.05, 0) is 11.6 Å². The molecule has 1 aromatic carbocycles. The molecule has 2 rings (SSSR count). The molecule has 0 aliphatic carbocycles. The fourth-order valence-electron chi connectivity index (χ4n) is 1.45. The minimum atomic E-state index is -4.59. The highest BCUT2D eigenvalue weighted by Gasteiger charge is 2.34. The second-order valence-electron chi connectivity index (χ2n) is 3.30. The summed E-state index contributed by atoms with van der Waals surface area (Å²) in [4.78, 5) is 14.0. The summed E-state index contributed by atoms with van der Waals surface area (Å²) < 4.78 is 37.6. The first-order chi connectivity index (χ1) is 7.89. The summed E-state index contributed by atoms with van der Waals surface area (Å²) >= 11 is 0.962. The van der Waals surface area contributed by atoms with Crippen LogP contribution in [-0.2, 0) is 12.7 Å². The predicted octanol–water partition coefficient (Wildman–Crippen LogP) is 3.25. The molecule has 0 N–H and O–H groups in total. The average molecular weight is 262 g/mol. The van der Waals surface area contributed by atoms with Crippen LogP contribution in [0.15, 0.2) is 22.0 Å². The maximum absolute atomic E-state index is 12.5. The summed E-state index contributed by atoms with van der Waals surface area (Å²) in [6.45, 7) is 0.0348. The number of rotatable bonds is 1. The number of thioether (sulfide) groups is 1. The van der Waals surface area contributed by atoms with Gasteiger partial charge in [0.25, 0.3) is 5.69 Å². The molecule has 0 amide bonds. The number of hydrogen-bond donors (Lipinski definition) is 0. The zero-order valence-electron chi connectivity index (χ0n) is 8.19. The first-order valence-electron chi connectivity index (χ1n) is 4.43. The third-order valence-electron chi connectivity index (χ3n) is 2.18. The first-order valence-corrected chi connectivity index (χ1v) is 5.31. The van der Waals surface area contributed by atoms with Crippen molar-refractivity contribution in [2.75, 3.05) is 0 Å².